The van der Waals surface area contributed by atoms with E-state index in [1.807, 2.05) is 30.3 Å². The molecule has 0 bridgehead atoms. The minimum absolute atomic E-state index is 0.0384. The first-order valence-electron chi connectivity index (χ1n) is 8.72. The Morgan fingerprint density at radius 3 is 2.62 bits per heavy atom. The van der Waals surface area contributed by atoms with Crippen LogP contribution in [0.5, 0.6) is 5.75 Å². The Kier molecular flexibility index (Phi) is 7.03. The number of carbonyl (C=O) groups excluding carboxylic acids is 1. The van der Waals surface area contributed by atoms with Crippen molar-refractivity contribution < 1.29 is 14.6 Å². The van der Waals surface area contributed by atoms with Gasteiger partial charge < -0.3 is 15.2 Å². The van der Waals surface area contributed by atoms with Gasteiger partial charge in [0.2, 0.25) is 0 Å². The lowest BCUT2D eigenvalue weighted by Gasteiger charge is -2.14. The summed E-state index contributed by atoms with van der Waals surface area (Å²) in [5.74, 6) is -0.0814. The number of rotatable bonds is 7. The van der Waals surface area contributed by atoms with E-state index >= 15 is 0 Å². The number of nitrogens with one attached hydrogen (secondary N) is 1. The van der Waals surface area contributed by atoms with Crippen molar-refractivity contribution in [3.63, 3.8) is 0 Å². The molecule has 2 N–H and O–H groups in total. The maximum Gasteiger partial charge on any atom is 0.256 e. The van der Waals surface area contributed by atoms with E-state index < -0.39 is 12.0 Å². The van der Waals surface area contributed by atoms with Gasteiger partial charge in [0, 0.05) is 6.54 Å². The number of aromatic nitrogens is 2. The molecule has 1 aromatic heterocycles. The quantitative estimate of drug-likeness (QED) is 0.558. The predicted octanol–water partition coefficient (Wildman–Crippen LogP) is 4.31. The molecule has 1 heterocycles. The Balaban J connectivity index is 1.61. The Bertz CT molecular complexity index is 1010. The van der Waals surface area contributed by atoms with E-state index in [1.54, 1.807) is 25.1 Å². The number of halogens is 3. The fourth-order valence-electron chi connectivity index (χ4n) is 2.64. The van der Waals surface area contributed by atoms with E-state index in [0.717, 1.165) is 5.69 Å². The molecule has 0 radical (unpaired) electrons. The third-order valence-electron chi connectivity index (χ3n) is 4.08. The van der Waals surface area contributed by atoms with Crippen LogP contribution in [0.15, 0.2) is 48.5 Å². The van der Waals surface area contributed by atoms with Crippen molar-refractivity contribution in [3.8, 4) is 11.4 Å². The first kappa shape index (κ1) is 21.5. The number of benzene rings is 2. The minimum atomic E-state index is -0.961. The zero-order valence-corrected chi connectivity index (χ0v) is 17.7. The van der Waals surface area contributed by atoms with E-state index in [4.69, 9.17) is 39.5 Å². The minimum Gasteiger partial charge on any atom is -0.489 e. The average Bonchev–Trinajstić information content (AvgIpc) is 3.02. The lowest BCUT2D eigenvalue weighted by Crippen LogP contribution is -2.35. The topological polar surface area (TPSA) is 76.4 Å². The number of amides is 1. The summed E-state index contributed by atoms with van der Waals surface area (Å²) in [5, 5.41) is 17.9. The molecule has 1 amide bonds. The molecule has 3 aromatic rings. The highest BCUT2D eigenvalue weighted by atomic mass is 35.5. The number of hydrogen-bond acceptors (Lipinski definition) is 4. The predicted molar refractivity (Wildman–Crippen MR) is 114 cm³/mol. The van der Waals surface area contributed by atoms with Gasteiger partial charge in [-0.15, -0.1) is 0 Å². The highest BCUT2D eigenvalue weighted by molar-refractivity contribution is 6.42. The lowest BCUT2D eigenvalue weighted by atomic mass is 10.2. The highest BCUT2D eigenvalue weighted by Crippen LogP contribution is 2.31. The maximum absolute atomic E-state index is 12.6. The van der Waals surface area contributed by atoms with E-state index in [9.17, 15) is 9.90 Å². The van der Waals surface area contributed by atoms with Gasteiger partial charge in [-0.25, -0.2) is 4.68 Å². The van der Waals surface area contributed by atoms with Gasteiger partial charge in [-0.2, -0.15) is 5.10 Å². The van der Waals surface area contributed by atoms with E-state index in [-0.39, 0.29) is 28.9 Å². The zero-order valence-electron chi connectivity index (χ0n) is 15.4. The Hall–Kier alpha value is -2.25. The van der Waals surface area contributed by atoms with Gasteiger partial charge in [-0.05, 0) is 31.2 Å². The molecule has 1 unspecified atom stereocenters. The first-order valence-corrected chi connectivity index (χ1v) is 9.85. The van der Waals surface area contributed by atoms with Gasteiger partial charge in [0.1, 0.15) is 28.6 Å². The monoisotopic (exact) mass is 453 g/mol. The van der Waals surface area contributed by atoms with E-state index in [0.29, 0.717) is 16.5 Å². The molecule has 0 saturated carbocycles. The van der Waals surface area contributed by atoms with Crippen molar-refractivity contribution in [1.29, 1.82) is 0 Å². The van der Waals surface area contributed by atoms with Crippen LogP contribution >= 0.6 is 34.8 Å². The Labute approximate surface area is 183 Å². The number of nitrogens with zero attached hydrogens (tertiary/aromatic N) is 2. The lowest BCUT2D eigenvalue weighted by molar-refractivity contribution is 0.0843. The summed E-state index contributed by atoms with van der Waals surface area (Å²) >= 11 is 18.3. The van der Waals surface area contributed by atoms with Crippen LogP contribution in [0.4, 0.5) is 0 Å². The van der Waals surface area contributed by atoms with Gasteiger partial charge >= 0.3 is 0 Å². The molecular weight excluding hydrogens is 437 g/mol. The maximum atomic E-state index is 12.6. The fourth-order valence-corrected chi connectivity index (χ4v) is 3.34. The first-order chi connectivity index (χ1) is 13.9. The summed E-state index contributed by atoms with van der Waals surface area (Å²) in [7, 11) is 0. The summed E-state index contributed by atoms with van der Waals surface area (Å²) in [5.41, 5.74) is 1.47. The van der Waals surface area contributed by atoms with Crippen molar-refractivity contribution in [2.75, 3.05) is 13.2 Å². The van der Waals surface area contributed by atoms with Crippen molar-refractivity contribution in [2.45, 2.75) is 13.0 Å². The molecule has 29 heavy (non-hydrogen) atoms. The van der Waals surface area contributed by atoms with Crippen molar-refractivity contribution in [3.05, 3.63) is 75.0 Å². The van der Waals surface area contributed by atoms with Crippen LogP contribution in [0.1, 0.15) is 16.1 Å². The summed E-state index contributed by atoms with van der Waals surface area (Å²) in [4.78, 5) is 12.6. The van der Waals surface area contributed by atoms with Crippen molar-refractivity contribution in [2.24, 2.45) is 0 Å². The number of para-hydroxylation sites is 1. The zero-order chi connectivity index (χ0) is 21.0. The van der Waals surface area contributed by atoms with Crippen molar-refractivity contribution >= 4 is 40.7 Å². The Morgan fingerprint density at radius 1 is 1.17 bits per heavy atom. The number of aliphatic hydroxyl groups excluding tert-OH is 1. The summed E-state index contributed by atoms with van der Waals surface area (Å²) in [6.07, 6.45) is -0.961. The smallest absolute Gasteiger partial charge is 0.256 e. The van der Waals surface area contributed by atoms with Gasteiger partial charge in [0.15, 0.2) is 0 Å². The number of aliphatic hydroxyl groups is 1. The van der Waals surface area contributed by atoms with Crippen LogP contribution in [0.2, 0.25) is 15.2 Å². The summed E-state index contributed by atoms with van der Waals surface area (Å²) < 4.78 is 6.96. The van der Waals surface area contributed by atoms with Crippen molar-refractivity contribution in [1.82, 2.24) is 15.1 Å². The summed E-state index contributed by atoms with van der Waals surface area (Å²) in [6, 6.07) is 14.2. The number of aryl methyl sites for hydroxylation is 1. The Morgan fingerprint density at radius 2 is 1.90 bits per heavy atom. The molecular formula is C20H18Cl3N3O3. The molecule has 152 valence electrons. The van der Waals surface area contributed by atoms with Crippen LogP contribution in [0.3, 0.4) is 0 Å². The third kappa shape index (κ3) is 5.03. The second-order valence-electron chi connectivity index (χ2n) is 6.23. The molecule has 9 heteroatoms. The van der Waals surface area contributed by atoms with E-state index in [2.05, 4.69) is 10.4 Å². The van der Waals surface area contributed by atoms with E-state index in [1.165, 1.54) is 4.68 Å². The normalized spacial score (nSPS) is 11.9. The van der Waals surface area contributed by atoms with Crippen LogP contribution in [0, 0.1) is 6.92 Å². The molecule has 2 aromatic carbocycles. The molecule has 0 aliphatic heterocycles. The molecule has 0 saturated heterocycles. The summed E-state index contributed by atoms with van der Waals surface area (Å²) in [6.45, 7) is 1.58. The molecule has 1 atom stereocenters. The van der Waals surface area contributed by atoms with Crippen LogP contribution < -0.4 is 10.1 Å². The average molecular weight is 455 g/mol. The molecule has 3 rings (SSSR count). The molecule has 0 aliphatic rings. The van der Waals surface area contributed by atoms with Crippen LogP contribution in [-0.2, 0) is 0 Å². The fraction of sp³-hybridized carbons (Fsp3) is 0.200. The third-order valence-corrected chi connectivity index (χ3v) is 5.23. The molecule has 6 nitrogen and oxygen atoms in total. The molecule has 0 aliphatic carbocycles. The standard InChI is InChI=1S/C20H18Cl3N3O3/c1-12-17(19(23)26(25-12)13-6-3-2-4-7-13)20(28)24-10-14(27)11-29-16-9-5-8-15(21)18(16)22/h2-9,14,27H,10-11H2,1H3,(H,24,28). The van der Waals surface area contributed by atoms with Gasteiger partial charge in [0.25, 0.3) is 5.91 Å². The second-order valence-corrected chi connectivity index (χ2v) is 7.37. The number of carbonyl (C=O) groups is 1. The highest BCUT2D eigenvalue weighted by Gasteiger charge is 2.21. The molecule has 0 fully saturated rings. The number of ether oxygens (including phenoxy) is 1. The van der Waals surface area contributed by atoms with Gasteiger partial charge in [0.05, 0.1) is 22.0 Å². The van der Waals surface area contributed by atoms with Crippen LogP contribution in [0.25, 0.3) is 5.69 Å². The van der Waals surface area contributed by atoms with Gasteiger partial charge in [-0.3, -0.25) is 4.79 Å². The van der Waals surface area contributed by atoms with Crippen LogP contribution in [-0.4, -0.2) is 40.0 Å². The number of hydrogen-bond donors (Lipinski definition) is 2. The SMILES string of the molecule is Cc1nn(-c2ccccc2)c(Cl)c1C(=O)NCC(O)COc1cccc(Cl)c1Cl. The largest absolute Gasteiger partial charge is 0.489 e. The second kappa shape index (κ2) is 9.50. The molecule has 0 spiro atoms. The van der Waals surface area contributed by atoms with Gasteiger partial charge in [-0.1, -0.05) is 59.1 Å².